The predicted octanol–water partition coefficient (Wildman–Crippen LogP) is 2.52. The average molecular weight is 170 g/mol. The SMILES string of the molecule is CC1(C[SiH3])CCCCCCC1. The molecule has 0 heterocycles. The fraction of sp³-hybridized carbons (Fsp3) is 1.00. The van der Waals surface area contributed by atoms with E-state index in [2.05, 4.69) is 6.92 Å². The molecule has 0 aliphatic heterocycles. The molecule has 0 spiro atoms. The molecule has 0 saturated heterocycles. The molecule has 0 unspecified atom stereocenters. The zero-order valence-corrected chi connectivity index (χ0v) is 10.2. The Morgan fingerprint density at radius 3 is 1.91 bits per heavy atom. The molecule has 0 bridgehead atoms. The van der Waals surface area contributed by atoms with Crippen molar-refractivity contribution in [3.8, 4) is 0 Å². The fourth-order valence-corrected chi connectivity index (χ4v) is 2.82. The Bertz CT molecular complexity index is 101. The van der Waals surface area contributed by atoms with Crippen molar-refractivity contribution < 1.29 is 0 Å². The van der Waals surface area contributed by atoms with Gasteiger partial charge in [-0.3, -0.25) is 0 Å². The summed E-state index contributed by atoms with van der Waals surface area (Å²) in [6.07, 6.45) is 10.5. The van der Waals surface area contributed by atoms with Crippen molar-refractivity contribution in [2.24, 2.45) is 5.41 Å². The maximum atomic E-state index is 2.51. The van der Waals surface area contributed by atoms with Crippen LogP contribution in [0.25, 0.3) is 0 Å². The summed E-state index contributed by atoms with van der Waals surface area (Å²) in [5, 5.41) is 0. The van der Waals surface area contributed by atoms with E-state index in [0.717, 1.165) is 5.41 Å². The lowest BCUT2D eigenvalue weighted by atomic mass is 9.79. The first-order valence-corrected chi connectivity index (χ1v) is 6.68. The van der Waals surface area contributed by atoms with Gasteiger partial charge < -0.3 is 0 Å². The van der Waals surface area contributed by atoms with Gasteiger partial charge in [0.2, 0.25) is 0 Å². The largest absolute Gasteiger partial charge is 0.0605 e. The first-order valence-electron chi connectivity index (χ1n) is 5.27. The molecule has 1 aliphatic rings. The second kappa shape index (κ2) is 4.29. The summed E-state index contributed by atoms with van der Waals surface area (Å²) in [6.45, 7) is 2.51. The summed E-state index contributed by atoms with van der Waals surface area (Å²) in [6, 6.07) is 1.52. The molecule has 0 radical (unpaired) electrons. The summed E-state index contributed by atoms with van der Waals surface area (Å²) in [4.78, 5) is 0. The average Bonchev–Trinajstić information content (AvgIpc) is 1.98. The predicted molar refractivity (Wildman–Crippen MR) is 55.2 cm³/mol. The van der Waals surface area contributed by atoms with E-state index in [1.54, 1.807) is 0 Å². The van der Waals surface area contributed by atoms with Crippen LogP contribution in [0.2, 0.25) is 6.04 Å². The van der Waals surface area contributed by atoms with Gasteiger partial charge in [-0.05, 0) is 18.3 Å². The third kappa shape index (κ3) is 2.98. The maximum Gasteiger partial charge on any atom is 0.00348 e. The van der Waals surface area contributed by atoms with E-state index in [1.807, 2.05) is 0 Å². The Hall–Kier alpha value is 0.217. The molecule has 66 valence electrons. The maximum absolute atomic E-state index is 2.51. The Morgan fingerprint density at radius 2 is 1.45 bits per heavy atom. The Balaban J connectivity index is 2.37. The highest BCUT2D eigenvalue weighted by molar-refractivity contribution is 6.08. The normalized spacial score (nSPS) is 25.9. The molecule has 1 saturated carbocycles. The van der Waals surface area contributed by atoms with Crippen LogP contribution in [0.4, 0.5) is 0 Å². The lowest BCUT2D eigenvalue weighted by Crippen LogP contribution is -2.16. The number of hydrogen-bond acceptors (Lipinski definition) is 0. The van der Waals surface area contributed by atoms with Gasteiger partial charge in [-0.2, -0.15) is 0 Å². The van der Waals surface area contributed by atoms with Crippen molar-refractivity contribution in [3.05, 3.63) is 0 Å². The molecule has 0 aromatic carbocycles. The van der Waals surface area contributed by atoms with Gasteiger partial charge in [0, 0.05) is 10.2 Å². The van der Waals surface area contributed by atoms with Crippen LogP contribution in [0.1, 0.15) is 51.9 Å². The molecule has 11 heavy (non-hydrogen) atoms. The third-order valence-electron chi connectivity index (χ3n) is 3.41. The van der Waals surface area contributed by atoms with E-state index in [4.69, 9.17) is 0 Å². The molecular weight excluding hydrogens is 148 g/mol. The van der Waals surface area contributed by atoms with Crippen LogP contribution in [0.3, 0.4) is 0 Å². The quantitative estimate of drug-likeness (QED) is 0.531. The van der Waals surface area contributed by atoms with Gasteiger partial charge in [-0.15, -0.1) is 0 Å². The topological polar surface area (TPSA) is 0 Å². The molecule has 0 nitrogen and oxygen atoms in total. The van der Waals surface area contributed by atoms with Gasteiger partial charge in [0.05, 0.1) is 0 Å². The number of rotatable bonds is 1. The molecule has 1 aliphatic carbocycles. The highest BCUT2D eigenvalue weighted by Crippen LogP contribution is 2.35. The van der Waals surface area contributed by atoms with Crippen molar-refractivity contribution in [2.75, 3.05) is 0 Å². The van der Waals surface area contributed by atoms with E-state index in [9.17, 15) is 0 Å². The van der Waals surface area contributed by atoms with Crippen LogP contribution >= 0.6 is 0 Å². The monoisotopic (exact) mass is 170 g/mol. The molecule has 1 rings (SSSR count). The van der Waals surface area contributed by atoms with Crippen molar-refractivity contribution in [2.45, 2.75) is 57.9 Å². The van der Waals surface area contributed by atoms with E-state index in [1.165, 1.54) is 61.2 Å². The van der Waals surface area contributed by atoms with E-state index < -0.39 is 0 Å². The molecule has 1 fully saturated rings. The summed E-state index contributed by atoms with van der Waals surface area (Å²) >= 11 is 0. The Kier molecular flexibility index (Phi) is 3.63. The van der Waals surface area contributed by atoms with Crippen LogP contribution in [-0.2, 0) is 0 Å². The molecule has 0 N–H and O–H groups in total. The van der Waals surface area contributed by atoms with Crippen LogP contribution in [0, 0.1) is 5.41 Å². The molecule has 0 amide bonds. The number of hydrogen-bond donors (Lipinski definition) is 0. The van der Waals surface area contributed by atoms with Crippen molar-refractivity contribution in [1.82, 2.24) is 0 Å². The zero-order chi connectivity index (χ0) is 8.16. The smallest absolute Gasteiger partial charge is 0.00348 e. The van der Waals surface area contributed by atoms with Crippen LogP contribution < -0.4 is 0 Å². The van der Waals surface area contributed by atoms with Gasteiger partial charge >= 0.3 is 0 Å². The highest BCUT2D eigenvalue weighted by Gasteiger charge is 2.21. The summed E-state index contributed by atoms with van der Waals surface area (Å²) in [5.74, 6) is 0. The van der Waals surface area contributed by atoms with Gasteiger partial charge in [-0.1, -0.05) is 45.1 Å². The first-order chi connectivity index (χ1) is 5.27. The first kappa shape index (κ1) is 9.31. The van der Waals surface area contributed by atoms with E-state index >= 15 is 0 Å². The minimum atomic E-state index is 0.757. The minimum Gasteiger partial charge on any atom is -0.0605 e. The zero-order valence-electron chi connectivity index (χ0n) is 8.16. The van der Waals surface area contributed by atoms with Gasteiger partial charge in [-0.25, -0.2) is 0 Å². The molecule has 0 aromatic rings. The van der Waals surface area contributed by atoms with Crippen LogP contribution in [0.5, 0.6) is 0 Å². The summed E-state index contributed by atoms with van der Waals surface area (Å²) in [5.41, 5.74) is 0.757. The van der Waals surface area contributed by atoms with Gasteiger partial charge in [0.1, 0.15) is 0 Å². The van der Waals surface area contributed by atoms with Crippen molar-refractivity contribution >= 4 is 10.2 Å². The van der Waals surface area contributed by atoms with Crippen LogP contribution in [-0.4, -0.2) is 10.2 Å². The summed E-state index contributed by atoms with van der Waals surface area (Å²) in [7, 11) is 1.40. The molecule has 0 aromatic heterocycles. The van der Waals surface area contributed by atoms with E-state index in [-0.39, 0.29) is 0 Å². The lowest BCUT2D eigenvalue weighted by molar-refractivity contribution is 0.267. The highest BCUT2D eigenvalue weighted by atomic mass is 28.1. The molecule has 1 heteroatoms. The fourth-order valence-electron chi connectivity index (χ4n) is 2.11. The summed E-state index contributed by atoms with van der Waals surface area (Å²) < 4.78 is 0. The van der Waals surface area contributed by atoms with Gasteiger partial charge in [0.15, 0.2) is 0 Å². The van der Waals surface area contributed by atoms with Crippen molar-refractivity contribution in [3.63, 3.8) is 0 Å². The Morgan fingerprint density at radius 1 is 1.00 bits per heavy atom. The standard InChI is InChI=1S/C10H22Si/c1-10(9-11)7-5-3-2-4-6-8-10/h2-9H2,1,11H3. The van der Waals surface area contributed by atoms with Gasteiger partial charge in [0.25, 0.3) is 0 Å². The van der Waals surface area contributed by atoms with E-state index in [0.29, 0.717) is 0 Å². The van der Waals surface area contributed by atoms with Crippen LogP contribution in [0.15, 0.2) is 0 Å². The minimum absolute atomic E-state index is 0.757. The second-order valence-corrected chi connectivity index (χ2v) is 5.14. The Labute approximate surface area is 74.2 Å². The molecular formula is C10H22Si. The third-order valence-corrected chi connectivity index (χ3v) is 5.12. The lowest BCUT2D eigenvalue weighted by Gasteiger charge is -2.30. The molecule has 0 atom stereocenters. The second-order valence-electron chi connectivity index (χ2n) is 4.43. The van der Waals surface area contributed by atoms with Crippen molar-refractivity contribution in [1.29, 1.82) is 0 Å².